The molecule has 102 valence electrons. The molecule has 0 saturated carbocycles. The van der Waals surface area contributed by atoms with E-state index in [1.807, 2.05) is 54.2 Å². The zero-order chi connectivity index (χ0) is 14.4. The van der Waals surface area contributed by atoms with E-state index in [1.54, 1.807) is 0 Å². The Labute approximate surface area is 125 Å². The van der Waals surface area contributed by atoms with E-state index in [0.29, 0.717) is 10.9 Å². The molecule has 1 unspecified atom stereocenters. The van der Waals surface area contributed by atoms with Crippen LogP contribution in [-0.4, -0.2) is 16.5 Å². The molecule has 20 heavy (non-hydrogen) atoms. The van der Waals surface area contributed by atoms with Gasteiger partial charge in [0, 0.05) is 4.88 Å². The van der Waals surface area contributed by atoms with Crippen molar-refractivity contribution in [1.82, 2.24) is 5.32 Å². The number of benzene rings is 1. The Kier molecular flexibility index (Phi) is 5.18. The molecule has 0 amide bonds. The highest BCUT2D eigenvalue weighted by Gasteiger charge is 2.11. The number of aliphatic hydroxyl groups is 1. The first-order valence-corrected chi connectivity index (χ1v) is 7.94. The second-order valence-electron chi connectivity index (χ2n) is 3.87. The van der Waals surface area contributed by atoms with E-state index >= 15 is 0 Å². The molecular formula is C14H13N3OS2. The van der Waals surface area contributed by atoms with Crippen LogP contribution in [-0.2, 0) is 0 Å². The van der Waals surface area contributed by atoms with Crippen molar-refractivity contribution >= 4 is 34.0 Å². The zero-order valence-corrected chi connectivity index (χ0v) is 12.4. The predicted octanol–water partition coefficient (Wildman–Crippen LogP) is 3.25. The average molecular weight is 303 g/mol. The van der Waals surface area contributed by atoms with Gasteiger partial charge in [-0.05, 0) is 35.4 Å². The molecule has 1 heterocycles. The maximum absolute atomic E-state index is 10.3. The molecule has 6 heteroatoms. The molecule has 4 nitrogen and oxygen atoms in total. The third kappa shape index (κ3) is 3.61. The van der Waals surface area contributed by atoms with Crippen LogP contribution in [0.4, 0.5) is 5.69 Å². The van der Waals surface area contributed by atoms with Gasteiger partial charge in [0.25, 0.3) is 0 Å². The minimum atomic E-state index is -0.646. The van der Waals surface area contributed by atoms with Gasteiger partial charge in [0.05, 0.1) is 5.69 Å². The minimum absolute atomic E-state index is 0.523. The van der Waals surface area contributed by atoms with Gasteiger partial charge in [0.2, 0.25) is 0 Å². The van der Waals surface area contributed by atoms with Gasteiger partial charge in [-0.15, -0.1) is 11.3 Å². The zero-order valence-electron chi connectivity index (χ0n) is 10.8. The quantitative estimate of drug-likeness (QED) is 0.395. The lowest BCUT2D eigenvalue weighted by Crippen LogP contribution is -2.12. The van der Waals surface area contributed by atoms with Crippen LogP contribution >= 0.6 is 23.1 Å². The standard InChI is InChI=1S/C14H13N3OS2/c1-19-14(16-9-15)17-11-5-2-4-10(8-11)13(18)12-6-3-7-20-12/h2-8,13,18H,1H3,(H,16,17). The molecule has 1 aromatic carbocycles. The molecule has 0 saturated heterocycles. The van der Waals surface area contributed by atoms with E-state index in [-0.39, 0.29) is 0 Å². The summed E-state index contributed by atoms with van der Waals surface area (Å²) >= 11 is 2.87. The van der Waals surface area contributed by atoms with Gasteiger partial charge in [-0.3, -0.25) is 5.32 Å². The molecule has 0 fully saturated rings. The number of aliphatic hydroxyl groups excluding tert-OH is 1. The van der Waals surface area contributed by atoms with Gasteiger partial charge in [-0.1, -0.05) is 30.0 Å². The highest BCUT2D eigenvalue weighted by Crippen LogP contribution is 2.28. The molecule has 2 N–H and O–H groups in total. The highest BCUT2D eigenvalue weighted by molar-refractivity contribution is 8.13. The number of nitrogens with one attached hydrogen (secondary N) is 1. The molecular weight excluding hydrogens is 290 g/mol. The van der Waals surface area contributed by atoms with Gasteiger partial charge < -0.3 is 5.11 Å². The summed E-state index contributed by atoms with van der Waals surface area (Å²) in [6.07, 6.45) is 3.04. The van der Waals surface area contributed by atoms with Crippen molar-refractivity contribution in [3.8, 4) is 6.19 Å². The summed E-state index contributed by atoms with van der Waals surface area (Å²) in [5, 5.41) is 23.9. The molecule has 0 aliphatic heterocycles. The van der Waals surface area contributed by atoms with E-state index in [9.17, 15) is 5.11 Å². The van der Waals surface area contributed by atoms with Crippen LogP contribution < -0.4 is 5.32 Å². The second-order valence-corrected chi connectivity index (χ2v) is 5.65. The second kappa shape index (κ2) is 7.10. The molecule has 2 rings (SSSR count). The Hall–Kier alpha value is -1.81. The van der Waals surface area contributed by atoms with E-state index in [0.717, 1.165) is 10.4 Å². The van der Waals surface area contributed by atoms with Crippen molar-refractivity contribution in [3.05, 3.63) is 52.2 Å². The fourth-order valence-electron chi connectivity index (χ4n) is 1.67. The fraction of sp³-hybridized carbons (Fsp3) is 0.143. The van der Waals surface area contributed by atoms with E-state index in [1.165, 1.54) is 23.1 Å². The number of nitrogens with zero attached hydrogens (tertiary/aromatic N) is 2. The summed E-state index contributed by atoms with van der Waals surface area (Å²) in [5.74, 6) is 0. The van der Waals surface area contributed by atoms with Crippen LogP contribution in [0.2, 0.25) is 0 Å². The number of hydrogen-bond acceptors (Lipinski definition) is 5. The Morgan fingerprint density at radius 2 is 2.30 bits per heavy atom. The fourth-order valence-corrected chi connectivity index (χ4v) is 2.75. The topological polar surface area (TPSA) is 68.4 Å². The first-order chi connectivity index (χ1) is 9.74. The number of aliphatic imine (C=N–C) groups is 1. The number of thioether (sulfide) groups is 1. The van der Waals surface area contributed by atoms with Crippen LogP contribution in [0.3, 0.4) is 0 Å². The highest BCUT2D eigenvalue weighted by atomic mass is 32.2. The Morgan fingerprint density at radius 1 is 1.45 bits per heavy atom. The lowest BCUT2D eigenvalue weighted by Gasteiger charge is -2.09. The van der Waals surface area contributed by atoms with Crippen molar-refractivity contribution in [1.29, 1.82) is 5.26 Å². The van der Waals surface area contributed by atoms with E-state index in [2.05, 4.69) is 10.3 Å². The summed E-state index contributed by atoms with van der Waals surface area (Å²) in [6.45, 7) is 0. The first kappa shape index (κ1) is 14.6. The molecule has 1 atom stereocenters. The summed E-state index contributed by atoms with van der Waals surface area (Å²) in [6, 6.07) is 11.2. The molecule has 2 aromatic rings. The maximum Gasteiger partial charge on any atom is 0.183 e. The Balaban J connectivity index is 2.26. The molecule has 0 spiro atoms. The van der Waals surface area contributed by atoms with Crippen LogP contribution in [0.1, 0.15) is 16.5 Å². The SMILES string of the molecule is CSC(=Nc1cccc(C(O)c2cccs2)c1)NC#N. The number of amidine groups is 1. The number of thiophene rings is 1. The van der Waals surface area contributed by atoms with Crippen LogP contribution in [0.25, 0.3) is 0 Å². The third-order valence-electron chi connectivity index (χ3n) is 2.59. The van der Waals surface area contributed by atoms with Crippen molar-refractivity contribution in [2.45, 2.75) is 6.10 Å². The van der Waals surface area contributed by atoms with Crippen LogP contribution in [0, 0.1) is 11.5 Å². The van der Waals surface area contributed by atoms with Gasteiger partial charge in [-0.2, -0.15) is 5.26 Å². The molecule has 1 aromatic heterocycles. The normalized spacial score (nSPS) is 12.8. The first-order valence-electron chi connectivity index (χ1n) is 5.84. The maximum atomic E-state index is 10.3. The molecule has 0 aliphatic carbocycles. The summed E-state index contributed by atoms with van der Waals surface area (Å²) in [5.41, 5.74) is 1.48. The summed E-state index contributed by atoms with van der Waals surface area (Å²) in [7, 11) is 0. The van der Waals surface area contributed by atoms with E-state index in [4.69, 9.17) is 5.26 Å². The summed E-state index contributed by atoms with van der Waals surface area (Å²) < 4.78 is 0. The smallest absolute Gasteiger partial charge is 0.183 e. The number of rotatable bonds is 3. The monoisotopic (exact) mass is 303 g/mol. The van der Waals surface area contributed by atoms with Crippen LogP contribution in [0.15, 0.2) is 46.8 Å². The summed E-state index contributed by atoms with van der Waals surface area (Å²) in [4.78, 5) is 5.22. The van der Waals surface area contributed by atoms with Gasteiger partial charge in [0.15, 0.2) is 11.4 Å². The molecule has 0 aliphatic rings. The third-order valence-corrected chi connectivity index (χ3v) is 4.09. The van der Waals surface area contributed by atoms with Crippen LogP contribution in [0.5, 0.6) is 0 Å². The number of hydrogen-bond donors (Lipinski definition) is 2. The average Bonchev–Trinajstić information content (AvgIpc) is 3.00. The Bertz CT molecular complexity index is 632. The lowest BCUT2D eigenvalue weighted by atomic mass is 10.1. The number of nitriles is 1. The predicted molar refractivity (Wildman–Crippen MR) is 84.2 cm³/mol. The lowest BCUT2D eigenvalue weighted by molar-refractivity contribution is 0.224. The van der Waals surface area contributed by atoms with Crippen molar-refractivity contribution < 1.29 is 5.11 Å². The minimum Gasteiger partial charge on any atom is -0.383 e. The van der Waals surface area contributed by atoms with Gasteiger partial charge >= 0.3 is 0 Å². The molecule has 0 radical (unpaired) electrons. The van der Waals surface area contributed by atoms with Gasteiger partial charge in [-0.25, -0.2) is 4.99 Å². The van der Waals surface area contributed by atoms with E-state index < -0.39 is 6.10 Å². The van der Waals surface area contributed by atoms with Crippen molar-refractivity contribution in [2.75, 3.05) is 6.26 Å². The molecule has 0 bridgehead atoms. The largest absolute Gasteiger partial charge is 0.383 e. The van der Waals surface area contributed by atoms with Crippen molar-refractivity contribution in [2.24, 2.45) is 4.99 Å². The van der Waals surface area contributed by atoms with Crippen molar-refractivity contribution in [3.63, 3.8) is 0 Å². The van der Waals surface area contributed by atoms with Gasteiger partial charge in [0.1, 0.15) is 6.10 Å². The Morgan fingerprint density at radius 3 is 2.95 bits per heavy atom.